The van der Waals surface area contributed by atoms with Gasteiger partial charge in [-0.1, -0.05) is 41.6 Å². The normalized spacial score (nSPS) is 11.9. The number of carbonyl (C=O) groups is 1. The fourth-order valence-electron chi connectivity index (χ4n) is 2.35. The number of hydrogen-bond donors (Lipinski definition) is 2. The first-order chi connectivity index (χ1) is 11.7. The Morgan fingerprint density at radius 1 is 1.21 bits per heavy atom. The zero-order valence-electron chi connectivity index (χ0n) is 13.3. The first-order valence-electron chi connectivity index (χ1n) is 7.64. The van der Waals surface area contributed by atoms with Crippen molar-refractivity contribution >= 4 is 11.7 Å². The number of rotatable bonds is 6. The van der Waals surface area contributed by atoms with Crippen LogP contribution in [0.15, 0.2) is 65.4 Å². The van der Waals surface area contributed by atoms with Crippen molar-refractivity contribution in [3.63, 3.8) is 0 Å². The number of hydrogen-bond acceptors (Lipinski definition) is 5. The number of carbonyl (C=O) groups excluding carboxylic acids is 1. The highest BCUT2D eigenvalue weighted by Crippen LogP contribution is 2.17. The van der Waals surface area contributed by atoms with Crippen LogP contribution in [-0.4, -0.2) is 16.0 Å². The van der Waals surface area contributed by atoms with E-state index >= 15 is 0 Å². The molecule has 0 spiro atoms. The highest BCUT2D eigenvalue weighted by molar-refractivity contribution is 5.94. The second-order valence-corrected chi connectivity index (χ2v) is 5.40. The molecule has 1 atom stereocenters. The SMILES string of the molecule is Cc1cc(NC(=O)C(NCc2cccnc2)c2ccccc2)no1. The van der Waals surface area contributed by atoms with Crippen LogP contribution in [0.4, 0.5) is 5.82 Å². The van der Waals surface area contributed by atoms with E-state index in [1.165, 1.54) is 0 Å². The molecule has 0 saturated carbocycles. The van der Waals surface area contributed by atoms with E-state index in [-0.39, 0.29) is 5.91 Å². The van der Waals surface area contributed by atoms with Crippen molar-refractivity contribution in [2.75, 3.05) is 5.32 Å². The van der Waals surface area contributed by atoms with Crippen LogP contribution in [-0.2, 0) is 11.3 Å². The quantitative estimate of drug-likeness (QED) is 0.729. The molecule has 1 amide bonds. The molecule has 122 valence electrons. The number of pyridine rings is 1. The average Bonchev–Trinajstić information content (AvgIpc) is 3.02. The van der Waals surface area contributed by atoms with Gasteiger partial charge in [0.05, 0.1) is 0 Å². The summed E-state index contributed by atoms with van der Waals surface area (Å²) in [7, 11) is 0. The Morgan fingerprint density at radius 3 is 2.71 bits per heavy atom. The standard InChI is InChI=1S/C18H18N4O2/c1-13-10-16(22-24-13)21-18(23)17(15-7-3-2-4-8-15)20-12-14-6-5-9-19-11-14/h2-11,17,20H,12H2,1H3,(H,21,22,23). The molecular weight excluding hydrogens is 304 g/mol. The number of anilines is 1. The summed E-state index contributed by atoms with van der Waals surface area (Å²) in [5.41, 5.74) is 1.88. The number of aryl methyl sites for hydroxylation is 1. The fourth-order valence-corrected chi connectivity index (χ4v) is 2.35. The summed E-state index contributed by atoms with van der Waals surface area (Å²) in [5.74, 6) is 0.852. The lowest BCUT2D eigenvalue weighted by atomic mass is 10.1. The van der Waals surface area contributed by atoms with Crippen molar-refractivity contribution < 1.29 is 9.32 Å². The predicted molar refractivity (Wildman–Crippen MR) is 90.1 cm³/mol. The minimum absolute atomic E-state index is 0.196. The molecule has 0 aliphatic heterocycles. The van der Waals surface area contributed by atoms with Crippen LogP contribution < -0.4 is 10.6 Å². The summed E-state index contributed by atoms with van der Waals surface area (Å²) < 4.78 is 4.99. The Hall–Kier alpha value is -2.99. The molecule has 2 heterocycles. The first kappa shape index (κ1) is 15.9. The van der Waals surface area contributed by atoms with Gasteiger partial charge in [0.1, 0.15) is 11.8 Å². The monoisotopic (exact) mass is 322 g/mol. The minimum atomic E-state index is -0.511. The van der Waals surface area contributed by atoms with Crippen molar-refractivity contribution in [3.8, 4) is 0 Å². The molecule has 2 N–H and O–H groups in total. The smallest absolute Gasteiger partial charge is 0.247 e. The molecule has 3 aromatic rings. The Morgan fingerprint density at radius 2 is 2.04 bits per heavy atom. The van der Waals surface area contributed by atoms with E-state index in [0.29, 0.717) is 18.1 Å². The van der Waals surface area contributed by atoms with Crippen LogP contribution in [0, 0.1) is 6.92 Å². The highest BCUT2D eigenvalue weighted by atomic mass is 16.5. The summed E-state index contributed by atoms with van der Waals surface area (Å²) in [5, 5.41) is 9.85. The maximum absolute atomic E-state index is 12.7. The average molecular weight is 322 g/mol. The summed E-state index contributed by atoms with van der Waals surface area (Å²) in [6.07, 6.45) is 3.49. The summed E-state index contributed by atoms with van der Waals surface area (Å²) >= 11 is 0. The number of nitrogens with one attached hydrogen (secondary N) is 2. The van der Waals surface area contributed by atoms with Crippen molar-refractivity contribution in [2.24, 2.45) is 0 Å². The molecule has 1 unspecified atom stereocenters. The van der Waals surface area contributed by atoms with Gasteiger partial charge in [-0.3, -0.25) is 15.1 Å². The van der Waals surface area contributed by atoms with E-state index in [1.54, 1.807) is 25.4 Å². The molecule has 6 nitrogen and oxygen atoms in total. The highest BCUT2D eigenvalue weighted by Gasteiger charge is 2.21. The molecular formula is C18H18N4O2. The van der Waals surface area contributed by atoms with Crippen LogP contribution in [0.5, 0.6) is 0 Å². The maximum atomic E-state index is 12.7. The third-order valence-corrected chi connectivity index (χ3v) is 3.51. The van der Waals surface area contributed by atoms with Crippen LogP contribution in [0.3, 0.4) is 0 Å². The van der Waals surface area contributed by atoms with Gasteiger partial charge in [0.2, 0.25) is 5.91 Å². The van der Waals surface area contributed by atoms with Gasteiger partial charge >= 0.3 is 0 Å². The zero-order chi connectivity index (χ0) is 16.8. The summed E-state index contributed by atoms with van der Waals surface area (Å²) in [6, 6.07) is 14.5. The van der Waals surface area contributed by atoms with Gasteiger partial charge in [-0.15, -0.1) is 0 Å². The van der Waals surface area contributed by atoms with Crippen LogP contribution in [0.1, 0.15) is 22.9 Å². The van der Waals surface area contributed by atoms with Crippen LogP contribution in [0.25, 0.3) is 0 Å². The third-order valence-electron chi connectivity index (χ3n) is 3.51. The minimum Gasteiger partial charge on any atom is -0.360 e. The molecule has 1 aromatic carbocycles. The first-order valence-corrected chi connectivity index (χ1v) is 7.64. The number of nitrogens with zero attached hydrogens (tertiary/aromatic N) is 2. The molecule has 2 aromatic heterocycles. The van der Waals surface area contributed by atoms with Crippen molar-refractivity contribution in [1.82, 2.24) is 15.5 Å². The number of benzene rings is 1. The predicted octanol–water partition coefficient (Wildman–Crippen LogP) is 2.85. The van der Waals surface area contributed by atoms with E-state index in [0.717, 1.165) is 11.1 Å². The number of amides is 1. The third kappa shape index (κ3) is 4.05. The van der Waals surface area contributed by atoms with E-state index in [1.807, 2.05) is 42.5 Å². The van der Waals surface area contributed by atoms with Gasteiger partial charge in [0.25, 0.3) is 0 Å². The van der Waals surface area contributed by atoms with Crippen molar-refractivity contribution in [2.45, 2.75) is 19.5 Å². The maximum Gasteiger partial charge on any atom is 0.247 e. The van der Waals surface area contributed by atoms with E-state index < -0.39 is 6.04 Å². The lowest BCUT2D eigenvalue weighted by Crippen LogP contribution is -2.32. The lowest BCUT2D eigenvalue weighted by molar-refractivity contribution is -0.118. The van der Waals surface area contributed by atoms with Gasteiger partial charge in [0, 0.05) is 25.0 Å². The molecule has 0 radical (unpaired) electrons. The van der Waals surface area contributed by atoms with E-state index in [9.17, 15) is 4.79 Å². The van der Waals surface area contributed by atoms with E-state index in [4.69, 9.17) is 4.52 Å². The zero-order valence-corrected chi connectivity index (χ0v) is 13.3. The molecule has 6 heteroatoms. The molecule has 0 fully saturated rings. The van der Waals surface area contributed by atoms with Crippen molar-refractivity contribution in [3.05, 3.63) is 77.8 Å². The molecule has 24 heavy (non-hydrogen) atoms. The van der Waals surface area contributed by atoms with Gasteiger partial charge in [-0.2, -0.15) is 0 Å². The Bertz CT molecular complexity index is 787. The van der Waals surface area contributed by atoms with Crippen molar-refractivity contribution in [1.29, 1.82) is 0 Å². The Labute approximate surface area is 139 Å². The van der Waals surface area contributed by atoms with Crippen LogP contribution >= 0.6 is 0 Å². The molecule has 0 saturated heterocycles. The molecule has 0 aliphatic rings. The second kappa shape index (κ2) is 7.52. The largest absolute Gasteiger partial charge is 0.360 e. The van der Waals surface area contributed by atoms with Gasteiger partial charge in [-0.25, -0.2) is 0 Å². The van der Waals surface area contributed by atoms with Crippen LogP contribution in [0.2, 0.25) is 0 Å². The summed E-state index contributed by atoms with van der Waals surface area (Å²) in [6.45, 7) is 2.30. The van der Waals surface area contributed by atoms with E-state index in [2.05, 4.69) is 20.8 Å². The van der Waals surface area contributed by atoms with Gasteiger partial charge < -0.3 is 9.84 Å². The molecule has 3 rings (SSSR count). The Kier molecular flexibility index (Phi) is 4.98. The van der Waals surface area contributed by atoms with Gasteiger partial charge in [0.15, 0.2) is 5.82 Å². The second-order valence-electron chi connectivity index (χ2n) is 5.40. The molecule has 0 bridgehead atoms. The number of aromatic nitrogens is 2. The summed E-state index contributed by atoms with van der Waals surface area (Å²) in [4.78, 5) is 16.8. The topological polar surface area (TPSA) is 80.0 Å². The lowest BCUT2D eigenvalue weighted by Gasteiger charge is -2.18. The van der Waals surface area contributed by atoms with Gasteiger partial charge in [-0.05, 0) is 24.1 Å². The fraction of sp³-hybridized carbons (Fsp3) is 0.167. The molecule has 0 aliphatic carbocycles. The Balaban J connectivity index is 1.75.